The molecule has 352 valence electrons. The molecule has 0 bridgehead atoms. The molecule has 3 nitrogen and oxygen atoms in total. The number of carboxylic acids is 1. The molecular weight excluding hydrogens is 721 g/mol. The van der Waals surface area contributed by atoms with E-state index >= 15 is 0 Å². The molecule has 0 aromatic rings. The normalized spacial score (nSPS) is 13.2. The number of aliphatic carboxylic acids is 1. The highest BCUT2D eigenvalue weighted by atomic mass is 16.4. The van der Waals surface area contributed by atoms with Crippen molar-refractivity contribution >= 4 is 11.8 Å². The second kappa shape index (κ2) is 48.2. The van der Waals surface area contributed by atoms with Crippen LogP contribution in [0.3, 0.4) is 0 Å². The van der Waals surface area contributed by atoms with Crippen LogP contribution in [0.1, 0.15) is 329 Å². The van der Waals surface area contributed by atoms with Crippen molar-refractivity contribution in [1.29, 1.82) is 0 Å². The van der Waals surface area contributed by atoms with Gasteiger partial charge in [0.1, 0.15) is 5.78 Å². The zero-order chi connectivity index (χ0) is 43.1. The number of hydrogen-bond acceptors (Lipinski definition) is 2. The summed E-state index contributed by atoms with van der Waals surface area (Å²) in [5.74, 6) is 0.541. The van der Waals surface area contributed by atoms with Gasteiger partial charge in [0.15, 0.2) is 0 Å². The number of carbonyl (C=O) groups is 2. The monoisotopic (exact) mass is 831 g/mol. The van der Waals surface area contributed by atoms with Gasteiger partial charge < -0.3 is 5.11 Å². The molecule has 0 aromatic carbocycles. The summed E-state index contributed by atoms with van der Waals surface area (Å²) in [4.78, 5) is 25.9. The van der Waals surface area contributed by atoms with Gasteiger partial charge in [-0.3, -0.25) is 9.59 Å². The molecule has 0 rings (SSSR count). The molecule has 0 saturated heterocycles. The van der Waals surface area contributed by atoms with E-state index in [2.05, 4.69) is 27.7 Å². The van der Waals surface area contributed by atoms with Crippen LogP contribution in [0.5, 0.6) is 0 Å². The average Bonchev–Trinajstić information content (AvgIpc) is 3.23. The first-order valence-electron chi connectivity index (χ1n) is 27.8. The standard InChI is InChI=1S/C56H110O3/c1-5-9-13-17-20-22-23-24-25-26-27-29-34-39-45-51-55(57)53(48-40-16-12-8-4)49-43-37-32-30-33-38-44-50-54(56(58)59)52(46-41-35-19-15-11-7-3)47-42-36-31-28-21-18-14-10-6-2/h52-54H,5-51H2,1-4H3,(H,58,59). The molecule has 0 amide bonds. The summed E-state index contributed by atoms with van der Waals surface area (Å²) in [7, 11) is 0. The van der Waals surface area contributed by atoms with E-state index in [1.807, 2.05) is 0 Å². The number of carbonyl (C=O) groups excluding carboxylic acids is 1. The number of rotatable bonds is 51. The lowest BCUT2D eigenvalue weighted by Crippen LogP contribution is -2.24. The summed E-state index contributed by atoms with van der Waals surface area (Å²) < 4.78 is 0. The fourth-order valence-corrected chi connectivity index (χ4v) is 9.81. The molecule has 3 atom stereocenters. The molecule has 0 heterocycles. The zero-order valence-corrected chi connectivity index (χ0v) is 41.2. The Bertz CT molecular complexity index is 837. The molecule has 0 aliphatic rings. The van der Waals surface area contributed by atoms with Gasteiger partial charge in [-0.05, 0) is 44.4 Å². The van der Waals surface area contributed by atoms with Crippen LogP contribution < -0.4 is 0 Å². The van der Waals surface area contributed by atoms with Gasteiger partial charge in [0.05, 0.1) is 5.92 Å². The van der Waals surface area contributed by atoms with Crippen molar-refractivity contribution < 1.29 is 14.7 Å². The fraction of sp³-hybridized carbons (Fsp3) is 0.964. The van der Waals surface area contributed by atoms with Crippen LogP contribution in [0.25, 0.3) is 0 Å². The zero-order valence-electron chi connectivity index (χ0n) is 41.2. The predicted molar refractivity (Wildman–Crippen MR) is 263 cm³/mol. The van der Waals surface area contributed by atoms with Crippen LogP contribution in [0.4, 0.5) is 0 Å². The highest BCUT2D eigenvalue weighted by molar-refractivity contribution is 5.80. The first-order chi connectivity index (χ1) is 29.0. The van der Waals surface area contributed by atoms with E-state index in [0.29, 0.717) is 17.6 Å². The minimum atomic E-state index is -0.532. The van der Waals surface area contributed by atoms with Crippen LogP contribution in [-0.2, 0) is 9.59 Å². The van der Waals surface area contributed by atoms with Crippen molar-refractivity contribution in [3.05, 3.63) is 0 Å². The average molecular weight is 831 g/mol. The number of Topliss-reactive ketones (excluding diaryl/α,β-unsaturated/α-hetero) is 1. The second-order valence-corrected chi connectivity index (χ2v) is 19.6. The summed E-state index contributed by atoms with van der Waals surface area (Å²) in [6.07, 6.45) is 59.9. The Balaban J connectivity index is 4.40. The van der Waals surface area contributed by atoms with Crippen LogP contribution in [0, 0.1) is 17.8 Å². The van der Waals surface area contributed by atoms with E-state index in [1.165, 1.54) is 250 Å². The lowest BCUT2D eigenvalue weighted by atomic mass is 9.80. The number of unbranched alkanes of at least 4 members (excludes halogenated alkanes) is 36. The number of hydrogen-bond donors (Lipinski definition) is 1. The largest absolute Gasteiger partial charge is 0.481 e. The van der Waals surface area contributed by atoms with Crippen LogP contribution >= 0.6 is 0 Å². The van der Waals surface area contributed by atoms with E-state index in [-0.39, 0.29) is 5.92 Å². The van der Waals surface area contributed by atoms with Gasteiger partial charge in [-0.25, -0.2) is 0 Å². The van der Waals surface area contributed by atoms with E-state index in [0.717, 1.165) is 51.4 Å². The molecule has 0 aromatic heterocycles. The van der Waals surface area contributed by atoms with E-state index < -0.39 is 5.97 Å². The molecule has 3 heteroatoms. The quantitative estimate of drug-likeness (QED) is 0.0621. The highest BCUT2D eigenvalue weighted by Crippen LogP contribution is 2.31. The van der Waals surface area contributed by atoms with Gasteiger partial charge in [0.2, 0.25) is 0 Å². The van der Waals surface area contributed by atoms with Crippen molar-refractivity contribution in [3.63, 3.8) is 0 Å². The Morgan fingerprint density at radius 2 is 0.542 bits per heavy atom. The molecule has 0 radical (unpaired) electrons. The summed E-state index contributed by atoms with van der Waals surface area (Å²) in [6.45, 7) is 9.13. The summed E-state index contributed by atoms with van der Waals surface area (Å²) in [5.41, 5.74) is 0. The lowest BCUT2D eigenvalue weighted by molar-refractivity contribution is -0.144. The van der Waals surface area contributed by atoms with E-state index in [9.17, 15) is 14.7 Å². The predicted octanol–water partition coefficient (Wildman–Crippen LogP) is 19.9. The summed E-state index contributed by atoms with van der Waals surface area (Å²) >= 11 is 0. The Morgan fingerprint density at radius 1 is 0.305 bits per heavy atom. The SMILES string of the molecule is CCCCCCCCCCCCCCCCCC(=O)C(CCCCCC)CCCCCCCCCC(C(=O)O)C(CCCCCCCC)CCCCCCCCCCC. The van der Waals surface area contributed by atoms with Crippen molar-refractivity contribution in [2.45, 2.75) is 329 Å². The van der Waals surface area contributed by atoms with Gasteiger partial charge in [-0.1, -0.05) is 285 Å². The molecule has 0 fully saturated rings. The Morgan fingerprint density at radius 3 is 0.847 bits per heavy atom. The second-order valence-electron chi connectivity index (χ2n) is 19.6. The minimum Gasteiger partial charge on any atom is -0.481 e. The number of ketones is 1. The van der Waals surface area contributed by atoms with Gasteiger partial charge in [-0.15, -0.1) is 0 Å². The topological polar surface area (TPSA) is 54.4 Å². The minimum absolute atomic E-state index is 0.152. The summed E-state index contributed by atoms with van der Waals surface area (Å²) in [5, 5.41) is 10.3. The smallest absolute Gasteiger partial charge is 0.306 e. The number of carboxylic acid groups (broad SMARTS) is 1. The van der Waals surface area contributed by atoms with Gasteiger partial charge in [-0.2, -0.15) is 0 Å². The maximum Gasteiger partial charge on any atom is 0.306 e. The fourth-order valence-electron chi connectivity index (χ4n) is 9.81. The Kier molecular flexibility index (Phi) is 47.5. The van der Waals surface area contributed by atoms with E-state index in [1.54, 1.807) is 0 Å². The molecule has 0 aliphatic carbocycles. The molecule has 59 heavy (non-hydrogen) atoms. The Hall–Kier alpha value is -0.860. The first kappa shape index (κ1) is 58.1. The van der Waals surface area contributed by atoms with Crippen LogP contribution in [0.2, 0.25) is 0 Å². The third-order valence-corrected chi connectivity index (χ3v) is 13.9. The molecule has 3 unspecified atom stereocenters. The summed E-state index contributed by atoms with van der Waals surface area (Å²) in [6, 6.07) is 0. The maximum atomic E-state index is 13.3. The molecule has 1 N–H and O–H groups in total. The van der Waals surface area contributed by atoms with Crippen molar-refractivity contribution in [2.24, 2.45) is 17.8 Å². The van der Waals surface area contributed by atoms with E-state index in [4.69, 9.17) is 0 Å². The van der Waals surface area contributed by atoms with Gasteiger partial charge in [0, 0.05) is 12.3 Å². The molecular formula is C56H110O3. The first-order valence-corrected chi connectivity index (χ1v) is 27.8. The van der Waals surface area contributed by atoms with Crippen molar-refractivity contribution in [3.8, 4) is 0 Å². The Labute approximate surface area is 372 Å². The molecule has 0 spiro atoms. The van der Waals surface area contributed by atoms with Crippen molar-refractivity contribution in [1.82, 2.24) is 0 Å². The van der Waals surface area contributed by atoms with Gasteiger partial charge >= 0.3 is 5.97 Å². The molecule has 0 saturated carbocycles. The van der Waals surface area contributed by atoms with Gasteiger partial charge in [0.25, 0.3) is 0 Å². The van der Waals surface area contributed by atoms with Crippen molar-refractivity contribution in [2.75, 3.05) is 0 Å². The lowest BCUT2D eigenvalue weighted by Gasteiger charge is -2.24. The third kappa shape index (κ3) is 40.9. The third-order valence-electron chi connectivity index (χ3n) is 13.9. The van der Waals surface area contributed by atoms with Crippen LogP contribution in [0.15, 0.2) is 0 Å². The molecule has 0 aliphatic heterocycles. The highest BCUT2D eigenvalue weighted by Gasteiger charge is 2.27. The van der Waals surface area contributed by atoms with Crippen LogP contribution in [-0.4, -0.2) is 16.9 Å². The maximum absolute atomic E-state index is 13.3.